The van der Waals surface area contributed by atoms with Crippen LogP contribution in [0.25, 0.3) is 0 Å². The number of aromatic nitrogens is 2. The summed E-state index contributed by atoms with van der Waals surface area (Å²) in [5.74, 6) is 1.97. The van der Waals surface area contributed by atoms with E-state index < -0.39 is 16.1 Å². The highest BCUT2D eigenvalue weighted by Gasteiger charge is 2.32. The summed E-state index contributed by atoms with van der Waals surface area (Å²) in [5, 5.41) is 11.5. The summed E-state index contributed by atoms with van der Waals surface area (Å²) in [7, 11) is -3.25. The van der Waals surface area contributed by atoms with Crippen molar-refractivity contribution in [1.82, 2.24) is 13.7 Å². The molecule has 1 aliphatic heterocycles. The van der Waals surface area contributed by atoms with E-state index in [-0.39, 0.29) is 11.8 Å². The van der Waals surface area contributed by atoms with Gasteiger partial charge in [0.25, 0.3) is 0 Å². The normalized spacial score (nSPS) is 17.8. The van der Waals surface area contributed by atoms with E-state index in [9.17, 15) is 13.5 Å². The van der Waals surface area contributed by atoms with Gasteiger partial charge in [-0.3, -0.25) is 0 Å². The van der Waals surface area contributed by atoms with Crippen molar-refractivity contribution in [1.29, 1.82) is 0 Å². The van der Waals surface area contributed by atoms with E-state index in [0.717, 1.165) is 25.0 Å². The number of ether oxygens (including phenoxy) is 1. The van der Waals surface area contributed by atoms with Crippen molar-refractivity contribution in [2.24, 2.45) is 0 Å². The predicted octanol–water partition coefficient (Wildman–Crippen LogP) is 4.83. The number of anilines is 1. The Bertz CT molecular complexity index is 1200. The van der Waals surface area contributed by atoms with Gasteiger partial charge >= 0.3 is 0 Å². The molecule has 2 atom stereocenters. The molecule has 0 aliphatic carbocycles. The first-order valence-corrected chi connectivity index (χ1v) is 14.8. The van der Waals surface area contributed by atoms with E-state index in [2.05, 4.69) is 21.2 Å². The van der Waals surface area contributed by atoms with Crippen molar-refractivity contribution in [3.8, 4) is 11.5 Å². The van der Waals surface area contributed by atoms with E-state index in [1.54, 1.807) is 16.4 Å². The number of hydrogen-bond donors (Lipinski definition) is 1. The topological polar surface area (TPSA) is 95.9 Å². The van der Waals surface area contributed by atoms with Crippen LogP contribution in [0.2, 0.25) is 0 Å². The number of benzene rings is 2. The summed E-state index contributed by atoms with van der Waals surface area (Å²) < 4.78 is 37.3. The number of hydrogen-bond acceptors (Lipinski definition) is 8. The summed E-state index contributed by atoms with van der Waals surface area (Å²) in [4.78, 5) is 6.67. The Morgan fingerprint density at radius 1 is 1.06 bits per heavy atom. The van der Waals surface area contributed by atoms with Crippen molar-refractivity contribution in [2.75, 3.05) is 30.3 Å². The monoisotopic (exact) mass is 530 g/mol. The molecule has 2 unspecified atom stereocenters. The first-order chi connectivity index (χ1) is 17.4. The molecule has 2 heterocycles. The summed E-state index contributed by atoms with van der Waals surface area (Å²) in [6.45, 7) is 5.52. The fourth-order valence-electron chi connectivity index (χ4n) is 4.25. The number of aliphatic hydroxyl groups excluding tert-OH is 1. The van der Waals surface area contributed by atoms with Crippen molar-refractivity contribution in [3.63, 3.8) is 0 Å². The molecule has 0 saturated carbocycles. The van der Waals surface area contributed by atoms with Crippen LogP contribution in [0.3, 0.4) is 0 Å². The molecular weight excluding hydrogens is 496 g/mol. The maximum Gasteiger partial charge on any atom is 0.214 e. The number of piperazine rings is 1. The molecule has 8 nitrogen and oxygen atoms in total. The zero-order valence-corrected chi connectivity index (χ0v) is 22.4. The third kappa shape index (κ3) is 6.61. The van der Waals surface area contributed by atoms with Gasteiger partial charge in [0.2, 0.25) is 15.2 Å². The van der Waals surface area contributed by atoms with Gasteiger partial charge in [0.1, 0.15) is 17.6 Å². The Hall–Kier alpha value is -2.53. The SMILES string of the molecule is CCCCCCS(=O)(=O)N1CCN(c2nc(C(O)c3ccc(Oc4ccccc4)cc3)ns2)C(C)C1. The summed E-state index contributed by atoms with van der Waals surface area (Å²) >= 11 is 1.23. The highest BCUT2D eigenvalue weighted by Crippen LogP contribution is 2.29. The second-order valence-electron chi connectivity index (χ2n) is 9.10. The third-order valence-electron chi connectivity index (χ3n) is 6.34. The maximum atomic E-state index is 12.8. The lowest BCUT2D eigenvalue weighted by Gasteiger charge is -2.38. The molecule has 1 fully saturated rings. The average Bonchev–Trinajstić information content (AvgIpc) is 3.37. The highest BCUT2D eigenvalue weighted by molar-refractivity contribution is 7.89. The van der Waals surface area contributed by atoms with Crippen LogP contribution in [0, 0.1) is 0 Å². The molecular formula is C26H34N4O4S2. The third-order valence-corrected chi connectivity index (χ3v) is 9.03. The van der Waals surface area contributed by atoms with E-state index in [1.165, 1.54) is 11.5 Å². The Kier molecular flexibility index (Phi) is 8.95. The molecule has 1 aromatic heterocycles. The lowest BCUT2D eigenvalue weighted by molar-refractivity contribution is 0.211. The Balaban J connectivity index is 1.35. The van der Waals surface area contributed by atoms with Crippen LogP contribution in [0.1, 0.15) is 57.0 Å². The highest BCUT2D eigenvalue weighted by atomic mass is 32.2. The van der Waals surface area contributed by atoms with Crippen LogP contribution in [0.5, 0.6) is 11.5 Å². The van der Waals surface area contributed by atoms with Crippen molar-refractivity contribution < 1.29 is 18.3 Å². The summed E-state index contributed by atoms with van der Waals surface area (Å²) in [6, 6.07) is 16.7. The Morgan fingerprint density at radius 3 is 2.47 bits per heavy atom. The van der Waals surface area contributed by atoms with Gasteiger partial charge in [-0.15, -0.1) is 0 Å². The minimum atomic E-state index is -3.25. The van der Waals surface area contributed by atoms with Gasteiger partial charge < -0.3 is 14.7 Å². The molecule has 1 N–H and O–H groups in total. The molecule has 0 bridgehead atoms. The summed E-state index contributed by atoms with van der Waals surface area (Å²) in [5.41, 5.74) is 0.673. The molecule has 0 amide bonds. The molecule has 2 aromatic carbocycles. The van der Waals surface area contributed by atoms with Gasteiger partial charge in [-0.05, 0) is 43.2 Å². The summed E-state index contributed by atoms with van der Waals surface area (Å²) in [6.07, 6.45) is 2.85. The van der Waals surface area contributed by atoms with Crippen LogP contribution in [0.15, 0.2) is 54.6 Å². The zero-order valence-electron chi connectivity index (χ0n) is 20.8. The van der Waals surface area contributed by atoms with Gasteiger partial charge in [-0.2, -0.15) is 8.68 Å². The number of rotatable bonds is 11. The predicted molar refractivity (Wildman–Crippen MR) is 143 cm³/mol. The molecule has 4 rings (SSSR count). The first-order valence-electron chi connectivity index (χ1n) is 12.5. The Morgan fingerprint density at radius 2 is 1.78 bits per heavy atom. The fourth-order valence-corrected chi connectivity index (χ4v) is 6.70. The zero-order chi connectivity index (χ0) is 25.5. The number of nitrogens with zero attached hydrogens (tertiary/aromatic N) is 4. The standard InChI is InChI=1S/C26H34N4O4S2/c1-3-4-5-9-18-36(32,33)29-16-17-30(20(2)19-29)26-27-25(28-35-26)24(31)21-12-14-23(15-13-21)34-22-10-7-6-8-11-22/h6-8,10-15,20,24,31H,3-5,9,16-19H2,1-2H3. The second kappa shape index (κ2) is 12.1. The molecule has 0 spiro atoms. The van der Waals surface area contributed by atoms with E-state index in [0.29, 0.717) is 48.3 Å². The smallest absolute Gasteiger partial charge is 0.214 e. The van der Waals surface area contributed by atoms with Crippen LogP contribution in [-0.4, -0.2) is 58.6 Å². The second-order valence-corrected chi connectivity index (χ2v) is 11.9. The molecule has 0 radical (unpaired) electrons. The van der Waals surface area contributed by atoms with Crippen LogP contribution in [-0.2, 0) is 10.0 Å². The van der Waals surface area contributed by atoms with Crippen LogP contribution >= 0.6 is 11.5 Å². The largest absolute Gasteiger partial charge is 0.457 e. The first kappa shape index (κ1) is 26.5. The van der Waals surface area contributed by atoms with Crippen molar-refractivity contribution in [2.45, 2.75) is 51.7 Å². The average molecular weight is 531 g/mol. The number of aliphatic hydroxyl groups is 1. The van der Waals surface area contributed by atoms with Gasteiger partial charge in [0.05, 0.1) is 5.75 Å². The lowest BCUT2D eigenvalue weighted by atomic mass is 10.1. The van der Waals surface area contributed by atoms with Crippen LogP contribution < -0.4 is 9.64 Å². The minimum Gasteiger partial charge on any atom is -0.457 e. The number of sulfonamides is 1. The lowest BCUT2D eigenvalue weighted by Crippen LogP contribution is -2.54. The molecule has 10 heteroatoms. The molecule has 194 valence electrons. The van der Waals surface area contributed by atoms with E-state index in [4.69, 9.17) is 4.74 Å². The van der Waals surface area contributed by atoms with Crippen LogP contribution in [0.4, 0.5) is 5.13 Å². The maximum absolute atomic E-state index is 12.8. The van der Waals surface area contributed by atoms with E-state index in [1.807, 2.05) is 49.4 Å². The number of unbranched alkanes of at least 4 members (excludes halogenated alkanes) is 3. The number of para-hydroxylation sites is 1. The van der Waals surface area contributed by atoms with Crippen molar-refractivity contribution in [3.05, 3.63) is 66.0 Å². The van der Waals surface area contributed by atoms with Gasteiger partial charge in [0.15, 0.2) is 5.82 Å². The fraction of sp³-hybridized carbons (Fsp3) is 0.462. The van der Waals surface area contributed by atoms with Gasteiger partial charge in [-0.1, -0.05) is 56.5 Å². The van der Waals surface area contributed by atoms with E-state index >= 15 is 0 Å². The van der Waals surface area contributed by atoms with Crippen molar-refractivity contribution >= 4 is 26.7 Å². The molecule has 3 aromatic rings. The quantitative estimate of drug-likeness (QED) is 0.355. The Labute approximate surface area is 217 Å². The minimum absolute atomic E-state index is 0.0310. The molecule has 1 saturated heterocycles. The molecule has 1 aliphatic rings. The van der Waals surface area contributed by atoms with Gasteiger partial charge in [0, 0.05) is 37.2 Å². The van der Waals surface area contributed by atoms with Gasteiger partial charge in [-0.25, -0.2) is 13.4 Å². The molecule has 36 heavy (non-hydrogen) atoms.